The van der Waals surface area contributed by atoms with E-state index in [-0.39, 0.29) is 5.06 Å². The minimum Gasteiger partial charge on any atom is -0.623 e. The number of hydrogen-bond donors (Lipinski definition) is 1. The Morgan fingerprint density at radius 3 is 3.09 bits per heavy atom. The summed E-state index contributed by atoms with van der Waals surface area (Å²) in [7, 11) is 0. The van der Waals surface area contributed by atoms with E-state index >= 15 is 0 Å². The van der Waals surface area contributed by atoms with Crippen molar-refractivity contribution >= 4 is 29.3 Å². The van der Waals surface area contributed by atoms with Crippen LogP contribution in [0.1, 0.15) is 0 Å². The van der Waals surface area contributed by atoms with Crippen LogP contribution in [0.5, 0.6) is 0 Å². The maximum Gasteiger partial charge on any atom is 0.194 e. The smallest absolute Gasteiger partial charge is 0.194 e. The van der Waals surface area contributed by atoms with Crippen LogP contribution in [0.4, 0.5) is 11.4 Å². The lowest BCUT2D eigenvalue weighted by atomic mass is 10.3. The highest BCUT2D eigenvalue weighted by Crippen LogP contribution is 2.26. The van der Waals surface area contributed by atoms with Crippen molar-refractivity contribution in [2.24, 2.45) is 4.99 Å². The normalized spacial score (nSPS) is 20.4. The molecule has 0 aliphatic carbocycles. The Kier molecular flexibility index (Phi) is 1.42. The summed E-state index contributed by atoms with van der Waals surface area (Å²) in [4.78, 5) is 3.88. The van der Waals surface area contributed by atoms with Crippen LogP contribution in [0.25, 0.3) is 0 Å². The first-order chi connectivity index (χ1) is 5.27. The van der Waals surface area contributed by atoms with E-state index in [2.05, 4.69) is 4.99 Å². The number of nitrogens with zero attached hydrogens (tertiary/aromatic N) is 1. The summed E-state index contributed by atoms with van der Waals surface area (Å²) in [5.74, 6) is 0. The van der Waals surface area contributed by atoms with Crippen molar-refractivity contribution in [1.82, 2.24) is 0 Å². The van der Waals surface area contributed by atoms with Crippen molar-refractivity contribution in [2.75, 3.05) is 0 Å². The lowest BCUT2D eigenvalue weighted by Gasteiger charge is -2.10. The van der Waals surface area contributed by atoms with Gasteiger partial charge in [0.1, 0.15) is 5.69 Å². The Bertz CT molecular complexity index is 324. The van der Waals surface area contributed by atoms with E-state index < -0.39 is 0 Å². The molecule has 0 saturated heterocycles. The molecule has 1 atom stereocenters. The molecule has 0 bridgehead atoms. The van der Waals surface area contributed by atoms with Gasteiger partial charge in [-0.15, -0.1) is 0 Å². The number of hydrogen-bond acceptors (Lipinski definition) is 2. The second-order valence-electron chi connectivity index (χ2n) is 2.28. The van der Waals surface area contributed by atoms with Gasteiger partial charge in [-0.25, -0.2) is 0 Å². The lowest BCUT2D eigenvalue weighted by molar-refractivity contribution is -0.655. The molecule has 11 heavy (non-hydrogen) atoms. The van der Waals surface area contributed by atoms with E-state index in [1.165, 1.54) is 6.34 Å². The lowest BCUT2D eigenvalue weighted by Crippen LogP contribution is -2.99. The van der Waals surface area contributed by atoms with E-state index in [0.717, 1.165) is 0 Å². The van der Waals surface area contributed by atoms with Crippen LogP contribution in [-0.2, 0) is 0 Å². The summed E-state index contributed by atoms with van der Waals surface area (Å²) >= 11 is 5.69. The standard InChI is InChI=1S/C7H5ClN2O/c8-5-1-2-7-6(3-5)9-4-10(7)11/h1-4,10H. The molecule has 0 amide bonds. The first kappa shape index (κ1) is 6.79. The van der Waals surface area contributed by atoms with E-state index in [1.54, 1.807) is 18.2 Å². The van der Waals surface area contributed by atoms with Crippen molar-refractivity contribution in [3.8, 4) is 0 Å². The number of rotatable bonds is 0. The van der Waals surface area contributed by atoms with Gasteiger partial charge < -0.3 is 5.21 Å². The Morgan fingerprint density at radius 2 is 2.27 bits per heavy atom. The summed E-state index contributed by atoms with van der Waals surface area (Å²) in [5, 5.41) is 11.5. The monoisotopic (exact) mass is 168 g/mol. The zero-order valence-electron chi connectivity index (χ0n) is 5.54. The molecule has 3 nitrogen and oxygen atoms in total. The third-order valence-corrected chi connectivity index (χ3v) is 1.78. The zero-order valence-corrected chi connectivity index (χ0v) is 6.30. The highest BCUT2D eigenvalue weighted by Gasteiger charge is 2.13. The van der Waals surface area contributed by atoms with Crippen LogP contribution in [-0.4, -0.2) is 6.34 Å². The molecular weight excluding hydrogens is 164 g/mol. The van der Waals surface area contributed by atoms with Gasteiger partial charge in [-0.2, -0.15) is 4.99 Å². The maximum atomic E-state index is 11.0. The number of fused-ring (bicyclic) bond motifs is 1. The van der Waals surface area contributed by atoms with Gasteiger partial charge >= 0.3 is 0 Å². The number of quaternary nitrogens is 1. The fourth-order valence-corrected chi connectivity index (χ4v) is 1.18. The number of benzene rings is 1. The second kappa shape index (κ2) is 2.30. The van der Waals surface area contributed by atoms with E-state index in [9.17, 15) is 5.21 Å². The average Bonchev–Trinajstić information content (AvgIpc) is 2.32. The quantitative estimate of drug-likeness (QED) is 0.578. The first-order valence-corrected chi connectivity index (χ1v) is 3.53. The van der Waals surface area contributed by atoms with Crippen LogP contribution >= 0.6 is 11.6 Å². The second-order valence-corrected chi connectivity index (χ2v) is 2.72. The van der Waals surface area contributed by atoms with E-state index in [4.69, 9.17) is 11.6 Å². The summed E-state index contributed by atoms with van der Waals surface area (Å²) in [5.41, 5.74) is 1.30. The molecule has 1 aliphatic heterocycles. The minimum absolute atomic E-state index is 0.0448. The fraction of sp³-hybridized carbons (Fsp3) is 0. The van der Waals surface area contributed by atoms with E-state index in [0.29, 0.717) is 16.4 Å². The molecule has 1 aromatic carbocycles. The molecule has 1 aromatic rings. The third-order valence-electron chi connectivity index (χ3n) is 1.55. The highest BCUT2D eigenvalue weighted by molar-refractivity contribution is 6.31. The van der Waals surface area contributed by atoms with Gasteiger partial charge in [0.05, 0.1) is 0 Å². The van der Waals surface area contributed by atoms with Gasteiger partial charge in [0, 0.05) is 11.1 Å². The van der Waals surface area contributed by atoms with Crippen LogP contribution < -0.4 is 5.06 Å². The molecule has 56 valence electrons. The van der Waals surface area contributed by atoms with Crippen molar-refractivity contribution in [2.45, 2.75) is 0 Å². The Morgan fingerprint density at radius 1 is 1.45 bits per heavy atom. The zero-order chi connectivity index (χ0) is 7.84. The highest BCUT2D eigenvalue weighted by atomic mass is 35.5. The van der Waals surface area contributed by atoms with Gasteiger partial charge in [-0.3, -0.25) is 5.06 Å². The van der Waals surface area contributed by atoms with Gasteiger partial charge in [0.15, 0.2) is 12.0 Å². The average molecular weight is 169 g/mol. The molecule has 0 spiro atoms. The molecule has 2 rings (SSSR count). The number of halogens is 1. The van der Waals surface area contributed by atoms with Crippen molar-refractivity contribution in [3.63, 3.8) is 0 Å². The molecule has 4 heteroatoms. The number of nitrogens with one attached hydrogen (secondary N) is 1. The van der Waals surface area contributed by atoms with Crippen LogP contribution in [0.15, 0.2) is 23.2 Å². The van der Waals surface area contributed by atoms with Gasteiger partial charge in [0.2, 0.25) is 0 Å². The molecule has 0 saturated carbocycles. The van der Waals surface area contributed by atoms with Crippen LogP contribution in [0, 0.1) is 5.21 Å². The number of aliphatic imine (C=N–C) groups is 1. The van der Waals surface area contributed by atoms with Crippen LogP contribution in [0.3, 0.4) is 0 Å². The predicted octanol–water partition coefficient (Wildman–Crippen LogP) is 1.03. The molecule has 1 aliphatic rings. The van der Waals surface area contributed by atoms with Gasteiger partial charge in [-0.1, -0.05) is 11.6 Å². The topological polar surface area (TPSA) is 39.9 Å². The molecule has 1 unspecified atom stereocenters. The molecule has 1 heterocycles. The van der Waals surface area contributed by atoms with Gasteiger partial charge in [0.25, 0.3) is 0 Å². The van der Waals surface area contributed by atoms with Crippen molar-refractivity contribution in [3.05, 3.63) is 28.4 Å². The summed E-state index contributed by atoms with van der Waals surface area (Å²) in [6, 6.07) is 5.05. The summed E-state index contributed by atoms with van der Waals surface area (Å²) in [6.45, 7) is 0. The molecule has 0 aromatic heterocycles. The molecular formula is C7H5ClN2O. The summed E-state index contributed by atoms with van der Waals surface area (Å²) < 4.78 is 0. The van der Waals surface area contributed by atoms with Crippen molar-refractivity contribution in [1.29, 1.82) is 0 Å². The third kappa shape index (κ3) is 1.03. The molecule has 1 N–H and O–H groups in total. The Hall–Kier alpha value is -0.900. The SMILES string of the molecule is [O-][NH+]1C=Nc2cc(Cl)ccc21. The Balaban J connectivity index is 2.58. The predicted molar refractivity (Wildman–Crippen MR) is 43.6 cm³/mol. The summed E-state index contributed by atoms with van der Waals surface area (Å²) in [6.07, 6.45) is 1.31. The fourth-order valence-electron chi connectivity index (χ4n) is 1.02. The maximum absolute atomic E-state index is 11.0. The first-order valence-electron chi connectivity index (χ1n) is 3.15. The Labute approximate surface area is 68.5 Å². The van der Waals surface area contributed by atoms with E-state index in [1.807, 2.05) is 0 Å². The van der Waals surface area contributed by atoms with Gasteiger partial charge in [-0.05, 0) is 12.1 Å². The largest absolute Gasteiger partial charge is 0.623 e. The number of hydroxylamine groups is 1. The van der Waals surface area contributed by atoms with Crippen molar-refractivity contribution < 1.29 is 5.06 Å². The minimum atomic E-state index is -0.0448. The van der Waals surface area contributed by atoms with Crippen LogP contribution in [0.2, 0.25) is 5.02 Å². The molecule has 0 fully saturated rings. The molecule has 0 radical (unpaired) electrons.